The third-order valence-electron chi connectivity index (χ3n) is 3.46. The topological polar surface area (TPSA) is 38.5 Å². The summed E-state index contributed by atoms with van der Waals surface area (Å²) < 4.78 is 0. The molecule has 1 heterocycles. The van der Waals surface area contributed by atoms with E-state index in [1.165, 1.54) is 45.3 Å². The first kappa shape index (κ1) is 9.44. The molecule has 1 aliphatic carbocycles. The van der Waals surface area contributed by atoms with E-state index >= 15 is 0 Å². The average molecular weight is 184 g/mol. The zero-order valence-electron chi connectivity index (χ0n) is 8.24. The number of nitrogens with two attached hydrogens (primary N) is 1. The second-order valence-corrected chi connectivity index (χ2v) is 4.37. The van der Waals surface area contributed by atoms with Gasteiger partial charge < -0.3 is 9.74 Å². The van der Waals surface area contributed by atoms with E-state index in [2.05, 4.69) is 4.90 Å². The molecule has 2 unspecified atom stereocenters. The molecule has 0 bridgehead atoms. The number of likely N-dealkylation sites (tertiary alicyclic amines) is 1. The van der Waals surface area contributed by atoms with E-state index in [0.717, 1.165) is 6.42 Å². The van der Waals surface area contributed by atoms with Gasteiger partial charge in [0.25, 0.3) is 0 Å². The number of hydrogen-bond donors (Lipinski definition) is 1. The second-order valence-electron chi connectivity index (χ2n) is 4.37. The summed E-state index contributed by atoms with van der Waals surface area (Å²) in [5.41, 5.74) is 0. The molecule has 2 fully saturated rings. The molecule has 2 N–H and O–H groups in total. The number of nitrogens with zero attached hydrogens (tertiary/aromatic N) is 1. The molecule has 1 aliphatic heterocycles. The molecule has 0 aromatic carbocycles. The lowest BCUT2D eigenvalue weighted by Gasteiger charge is -2.23. The maximum absolute atomic E-state index is 5.28. The lowest BCUT2D eigenvalue weighted by Crippen LogP contribution is -2.33. The first-order valence-corrected chi connectivity index (χ1v) is 5.48. The van der Waals surface area contributed by atoms with Gasteiger partial charge in [-0.25, -0.2) is 5.90 Å². The Labute approximate surface area is 80.2 Å². The van der Waals surface area contributed by atoms with Crippen LogP contribution in [0.1, 0.15) is 32.1 Å². The Balaban J connectivity index is 1.79. The monoisotopic (exact) mass is 184 g/mol. The van der Waals surface area contributed by atoms with E-state index in [-0.39, 0.29) is 0 Å². The standard InChI is InChI=1S/C10H20N2O/c11-13-10-5-3-4-9(10)8-12-6-1-2-7-12/h9-10H,1-8,11H2. The van der Waals surface area contributed by atoms with Gasteiger partial charge in [0, 0.05) is 6.54 Å². The van der Waals surface area contributed by atoms with Gasteiger partial charge in [0.05, 0.1) is 6.10 Å². The Morgan fingerprint density at radius 3 is 2.62 bits per heavy atom. The van der Waals surface area contributed by atoms with E-state index in [9.17, 15) is 0 Å². The van der Waals surface area contributed by atoms with E-state index < -0.39 is 0 Å². The Bertz CT molecular complexity index is 157. The largest absolute Gasteiger partial charge is 0.303 e. The van der Waals surface area contributed by atoms with Gasteiger partial charge in [-0.3, -0.25) is 0 Å². The maximum Gasteiger partial charge on any atom is 0.0827 e. The predicted molar refractivity (Wildman–Crippen MR) is 52.1 cm³/mol. The molecular formula is C10H20N2O. The summed E-state index contributed by atoms with van der Waals surface area (Å²) in [6.45, 7) is 3.78. The fourth-order valence-corrected chi connectivity index (χ4v) is 2.69. The molecule has 1 saturated heterocycles. The summed E-state index contributed by atoms with van der Waals surface area (Å²) in [7, 11) is 0. The molecule has 0 amide bonds. The lowest BCUT2D eigenvalue weighted by atomic mass is 10.1. The summed E-state index contributed by atoms with van der Waals surface area (Å²) >= 11 is 0. The van der Waals surface area contributed by atoms with E-state index in [1.807, 2.05) is 0 Å². The van der Waals surface area contributed by atoms with E-state index in [1.54, 1.807) is 0 Å². The molecule has 0 aromatic rings. The zero-order valence-corrected chi connectivity index (χ0v) is 8.24. The van der Waals surface area contributed by atoms with Crippen molar-refractivity contribution in [2.75, 3.05) is 19.6 Å². The highest BCUT2D eigenvalue weighted by Crippen LogP contribution is 2.28. The molecule has 0 aromatic heterocycles. The van der Waals surface area contributed by atoms with Crippen molar-refractivity contribution >= 4 is 0 Å². The van der Waals surface area contributed by atoms with Crippen LogP contribution in [-0.4, -0.2) is 30.6 Å². The van der Waals surface area contributed by atoms with Crippen molar-refractivity contribution in [3.05, 3.63) is 0 Å². The van der Waals surface area contributed by atoms with Crippen LogP contribution in [0, 0.1) is 5.92 Å². The van der Waals surface area contributed by atoms with Gasteiger partial charge in [-0.15, -0.1) is 0 Å². The van der Waals surface area contributed by atoms with Crippen LogP contribution in [0.2, 0.25) is 0 Å². The average Bonchev–Trinajstić information content (AvgIpc) is 2.76. The van der Waals surface area contributed by atoms with Gasteiger partial charge in [-0.05, 0) is 44.7 Å². The molecule has 3 nitrogen and oxygen atoms in total. The van der Waals surface area contributed by atoms with Crippen molar-refractivity contribution in [3.63, 3.8) is 0 Å². The molecule has 2 rings (SSSR count). The van der Waals surface area contributed by atoms with Gasteiger partial charge in [-0.2, -0.15) is 0 Å². The van der Waals surface area contributed by atoms with Gasteiger partial charge in [0.1, 0.15) is 0 Å². The normalized spacial score (nSPS) is 35.8. The Morgan fingerprint density at radius 2 is 1.92 bits per heavy atom. The second kappa shape index (κ2) is 4.40. The van der Waals surface area contributed by atoms with Gasteiger partial charge in [0.2, 0.25) is 0 Å². The third-order valence-corrected chi connectivity index (χ3v) is 3.46. The van der Waals surface area contributed by atoms with E-state index in [4.69, 9.17) is 10.7 Å². The Hall–Kier alpha value is -0.120. The summed E-state index contributed by atoms with van der Waals surface area (Å²) in [6.07, 6.45) is 6.84. The highest BCUT2D eigenvalue weighted by Gasteiger charge is 2.29. The lowest BCUT2D eigenvalue weighted by molar-refractivity contribution is 0.0180. The molecular weight excluding hydrogens is 164 g/mol. The molecule has 1 saturated carbocycles. The van der Waals surface area contributed by atoms with Crippen LogP contribution in [-0.2, 0) is 4.84 Å². The van der Waals surface area contributed by atoms with Crippen LogP contribution >= 0.6 is 0 Å². The zero-order chi connectivity index (χ0) is 9.10. The Morgan fingerprint density at radius 1 is 1.15 bits per heavy atom. The van der Waals surface area contributed by atoms with Gasteiger partial charge in [0.15, 0.2) is 0 Å². The van der Waals surface area contributed by atoms with Crippen molar-refractivity contribution in [1.82, 2.24) is 4.90 Å². The van der Waals surface area contributed by atoms with Crippen LogP contribution in [0.4, 0.5) is 0 Å². The molecule has 76 valence electrons. The highest BCUT2D eigenvalue weighted by atomic mass is 16.6. The summed E-state index contributed by atoms with van der Waals surface area (Å²) in [4.78, 5) is 7.56. The van der Waals surface area contributed by atoms with Gasteiger partial charge >= 0.3 is 0 Å². The smallest absolute Gasteiger partial charge is 0.0827 e. The minimum Gasteiger partial charge on any atom is -0.303 e. The van der Waals surface area contributed by atoms with Crippen molar-refractivity contribution < 1.29 is 4.84 Å². The summed E-state index contributed by atoms with van der Waals surface area (Å²) in [6, 6.07) is 0. The summed E-state index contributed by atoms with van der Waals surface area (Å²) in [5.74, 6) is 5.98. The SMILES string of the molecule is NOC1CCCC1CN1CCCC1. The predicted octanol–water partition coefficient (Wildman–Crippen LogP) is 1.14. The molecule has 13 heavy (non-hydrogen) atoms. The fraction of sp³-hybridized carbons (Fsp3) is 1.00. The first-order chi connectivity index (χ1) is 6.40. The molecule has 2 aliphatic rings. The van der Waals surface area contributed by atoms with Crippen molar-refractivity contribution in [3.8, 4) is 0 Å². The molecule has 0 radical (unpaired) electrons. The number of rotatable bonds is 3. The maximum atomic E-state index is 5.28. The van der Waals surface area contributed by atoms with Gasteiger partial charge in [-0.1, -0.05) is 6.42 Å². The van der Waals surface area contributed by atoms with Crippen LogP contribution in [0.5, 0.6) is 0 Å². The van der Waals surface area contributed by atoms with Crippen LogP contribution in [0.15, 0.2) is 0 Å². The van der Waals surface area contributed by atoms with Crippen LogP contribution in [0.3, 0.4) is 0 Å². The fourth-order valence-electron chi connectivity index (χ4n) is 2.69. The first-order valence-electron chi connectivity index (χ1n) is 5.48. The highest BCUT2D eigenvalue weighted by molar-refractivity contribution is 4.81. The quantitative estimate of drug-likeness (QED) is 0.668. The minimum absolute atomic E-state index is 0.334. The van der Waals surface area contributed by atoms with Crippen molar-refractivity contribution in [1.29, 1.82) is 0 Å². The van der Waals surface area contributed by atoms with E-state index in [0.29, 0.717) is 12.0 Å². The summed E-state index contributed by atoms with van der Waals surface area (Å²) in [5, 5.41) is 0. The van der Waals surface area contributed by atoms with Crippen LogP contribution < -0.4 is 5.90 Å². The third kappa shape index (κ3) is 2.22. The molecule has 3 heteroatoms. The Kier molecular flexibility index (Phi) is 3.19. The molecule has 0 spiro atoms. The van der Waals surface area contributed by atoms with Crippen molar-refractivity contribution in [2.45, 2.75) is 38.2 Å². The molecule has 2 atom stereocenters. The van der Waals surface area contributed by atoms with Crippen LogP contribution in [0.25, 0.3) is 0 Å². The number of hydrogen-bond acceptors (Lipinski definition) is 3. The minimum atomic E-state index is 0.334. The van der Waals surface area contributed by atoms with Crippen molar-refractivity contribution in [2.24, 2.45) is 11.8 Å².